The van der Waals surface area contributed by atoms with Gasteiger partial charge in [-0.25, -0.2) is 0 Å². The fraction of sp³-hybridized carbons (Fsp3) is 0.526. The molecule has 0 aliphatic rings. The van der Waals surface area contributed by atoms with Crippen LogP contribution in [0.15, 0.2) is 58.5 Å². The van der Waals surface area contributed by atoms with Gasteiger partial charge in [-0.1, -0.05) is 138 Å². The molecular formula is C38H60N2O3V. The molecule has 0 fully saturated rings. The summed E-state index contributed by atoms with van der Waals surface area (Å²) < 4.78 is 3.66. The summed E-state index contributed by atoms with van der Waals surface area (Å²) in [6, 6.07) is 18.0. The number of nitrogens with zero attached hydrogens (tertiary/aromatic N) is 2. The van der Waals surface area contributed by atoms with Crippen molar-refractivity contribution in [1.82, 2.24) is 5.01 Å². The molecule has 0 saturated carbocycles. The van der Waals surface area contributed by atoms with Crippen LogP contribution in [0.4, 0.5) is 0 Å². The molecule has 0 radical (unpaired) electrons. The van der Waals surface area contributed by atoms with Crippen molar-refractivity contribution < 1.29 is 32.6 Å². The van der Waals surface area contributed by atoms with Crippen molar-refractivity contribution in [2.24, 2.45) is 3.90 Å². The van der Waals surface area contributed by atoms with Gasteiger partial charge in [0.1, 0.15) is 17.2 Å². The summed E-state index contributed by atoms with van der Waals surface area (Å²) in [5, 5.41) is 31.5. The van der Waals surface area contributed by atoms with Gasteiger partial charge in [0.25, 0.3) is 0 Å². The quantitative estimate of drug-likeness (QED) is 0.224. The van der Waals surface area contributed by atoms with E-state index in [0.29, 0.717) is 52.8 Å². The Morgan fingerprint density at radius 2 is 0.568 bits per heavy atom. The molecular weight excluding hydrogens is 583 g/mol. The molecule has 0 amide bonds. The van der Waals surface area contributed by atoms with Crippen LogP contribution in [0.1, 0.15) is 152 Å². The van der Waals surface area contributed by atoms with E-state index in [1.165, 1.54) is 0 Å². The Bertz CT molecular complexity index is 1040. The van der Waals surface area contributed by atoms with Gasteiger partial charge in [-0.2, -0.15) is 0 Å². The van der Waals surface area contributed by atoms with E-state index in [1.54, 1.807) is 5.01 Å². The SMILES string of the molecule is CC(C)c1cccc(C(C)C)c1O.CC(C)c1cccc(C(C)C)c1O.CC(C)c1cccc(C(C)C)c1O.CN(C)[N]=[V]. The Hall–Kier alpha value is -2.60. The van der Waals surface area contributed by atoms with Crippen LogP contribution < -0.4 is 0 Å². The second-order valence-corrected chi connectivity index (χ2v) is 13.5. The van der Waals surface area contributed by atoms with Gasteiger partial charge in [-0.3, -0.25) is 0 Å². The minimum atomic E-state index is 0.388. The van der Waals surface area contributed by atoms with Crippen molar-refractivity contribution in [2.75, 3.05) is 14.1 Å². The van der Waals surface area contributed by atoms with E-state index in [0.717, 1.165) is 33.4 Å². The number of hydrogen-bond acceptors (Lipinski definition) is 5. The zero-order valence-electron chi connectivity index (χ0n) is 29.8. The van der Waals surface area contributed by atoms with E-state index in [9.17, 15) is 15.3 Å². The fourth-order valence-electron chi connectivity index (χ4n) is 4.54. The minimum absolute atomic E-state index is 0.388. The Labute approximate surface area is 278 Å². The van der Waals surface area contributed by atoms with Crippen LogP contribution in [0.3, 0.4) is 0 Å². The van der Waals surface area contributed by atoms with E-state index in [4.69, 9.17) is 0 Å². The molecule has 0 aliphatic heterocycles. The van der Waals surface area contributed by atoms with Crippen molar-refractivity contribution in [3.63, 3.8) is 0 Å². The summed E-state index contributed by atoms with van der Waals surface area (Å²) in [4.78, 5) is 0. The molecule has 44 heavy (non-hydrogen) atoms. The molecule has 245 valence electrons. The van der Waals surface area contributed by atoms with E-state index < -0.39 is 0 Å². The zero-order chi connectivity index (χ0) is 34.3. The van der Waals surface area contributed by atoms with Gasteiger partial charge in [-0.05, 0) is 68.9 Å². The van der Waals surface area contributed by atoms with Crippen molar-refractivity contribution in [3.05, 3.63) is 88.0 Å². The molecule has 3 aromatic rings. The first-order valence-electron chi connectivity index (χ1n) is 15.9. The summed E-state index contributed by atoms with van der Waals surface area (Å²) in [5.74, 6) is 3.76. The number of benzene rings is 3. The average Bonchev–Trinajstić information content (AvgIpc) is 2.93. The number of aromatic hydroxyl groups is 3. The number of rotatable bonds is 7. The van der Waals surface area contributed by atoms with Gasteiger partial charge in [-0.15, -0.1) is 0 Å². The van der Waals surface area contributed by atoms with Crippen molar-refractivity contribution in [3.8, 4) is 17.2 Å². The van der Waals surface area contributed by atoms with Crippen LogP contribution in [0, 0.1) is 0 Å². The predicted octanol–water partition coefficient (Wildman–Crippen LogP) is 11.1. The maximum absolute atomic E-state index is 9.93. The van der Waals surface area contributed by atoms with Gasteiger partial charge in [0.05, 0.1) is 0 Å². The van der Waals surface area contributed by atoms with Crippen LogP contribution in [0.25, 0.3) is 0 Å². The molecule has 0 atom stereocenters. The van der Waals surface area contributed by atoms with Crippen molar-refractivity contribution in [1.29, 1.82) is 0 Å². The van der Waals surface area contributed by atoms with Crippen LogP contribution in [-0.2, 0) is 17.2 Å². The summed E-state index contributed by atoms with van der Waals surface area (Å²) in [5.41, 5.74) is 6.28. The Kier molecular flexibility index (Phi) is 19.2. The second kappa shape index (κ2) is 20.4. The van der Waals surface area contributed by atoms with E-state index in [1.807, 2.05) is 68.7 Å². The average molecular weight is 644 g/mol. The second-order valence-electron chi connectivity index (χ2n) is 13.2. The molecule has 5 nitrogen and oxygen atoms in total. The Balaban J connectivity index is 0.000000585. The van der Waals surface area contributed by atoms with E-state index in [-0.39, 0.29) is 0 Å². The van der Waals surface area contributed by atoms with Crippen molar-refractivity contribution >= 4 is 0 Å². The first kappa shape index (κ1) is 41.4. The third-order valence-corrected chi connectivity index (χ3v) is 7.76. The van der Waals surface area contributed by atoms with Crippen molar-refractivity contribution in [2.45, 2.75) is 119 Å². The third kappa shape index (κ3) is 13.6. The molecule has 0 heterocycles. The molecule has 3 aromatic carbocycles. The van der Waals surface area contributed by atoms with Gasteiger partial charge < -0.3 is 15.3 Å². The third-order valence-electron chi connectivity index (χ3n) is 7.21. The summed E-state index contributed by atoms with van der Waals surface area (Å²) in [7, 11) is 3.75. The van der Waals surface area contributed by atoms with E-state index in [2.05, 4.69) is 104 Å². The topological polar surface area (TPSA) is 76.3 Å². The fourth-order valence-corrected chi connectivity index (χ4v) is 4.54. The molecule has 0 spiro atoms. The summed E-state index contributed by atoms with van der Waals surface area (Å²) >= 11 is 2.12. The van der Waals surface area contributed by atoms with Crippen LogP contribution in [0.2, 0.25) is 0 Å². The number of phenolic OH excluding ortho intramolecular Hbond substituents is 3. The molecule has 0 saturated heterocycles. The Morgan fingerprint density at radius 3 is 0.659 bits per heavy atom. The molecule has 6 heteroatoms. The van der Waals surface area contributed by atoms with E-state index >= 15 is 0 Å². The number of phenols is 3. The maximum atomic E-state index is 9.93. The normalized spacial score (nSPS) is 10.9. The summed E-state index contributed by atoms with van der Waals surface area (Å²) in [6.07, 6.45) is 0. The predicted molar refractivity (Wildman–Crippen MR) is 185 cm³/mol. The molecule has 3 rings (SSSR count). The Morgan fingerprint density at radius 1 is 0.432 bits per heavy atom. The summed E-state index contributed by atoms with van der Waals surface area (Å²) in [6.45, 7) is 25.2. The molecule has 3 N–H and O–H groups in total. The van der Waals surface area contributed by atoms with Crippen LogP contribution in [-0.4, -0.2) is 34.4 Å². The molecule has 0 aliphatic carbocycles. The van der Waals surface area contributed by atoms with Gasteiger partial charge >= 0.3 is 40.2 Å². The van der Waals surface area contributed by atoms with Crippen LogP contribution >= 0.6 is 0 Å². The number of hydrogen-bond donors (Lipinski definition) is 3. The monoisotopic (exact) mass is 643 g/mol. The van der Waals surface area contributed by atoms with Crippen LogP contribution in [0.5, 0.6) is 17.2 Å². The number of para-hydroxylation sites is 3. The zero-order valence-corrected chi connectivity index (χ0v) is 31.2. The van der Waals surface area contributed by atoms with Gasteiger partial charge in [0.15, 0.2) is 0 Å². The molecule has 0 aromatic heterocycles. The van der Waals surface area contributed by atoms with Gasteiger partial charge in [0, 0.05) is 0 Å². The molecule has 0 unspecified atom stereocenters. The standard InChI is InChI=1S/3C12H18O.C2H6N2.V/c3*1-8(2)10-6-5-7-11(9(3)4)12(10)13;1-4(2)3;/h3*5-9,13H,1-4H3;1-2H3;. The molecule has 0 bridgehead atoms. The first-order valence-corrected chi connectivity index (χ1v) is 16.5. The first-order chi connectivity index (χ1) is 20.4. The van der Waals surface area contributed by atoms with Gasteiger partial charge in [0.2, 0.25) is 0 Å².